The van der Waals surface area contributed by atoms with E-state index in [1.54, 1.807) is 113 Å². The lowest BCUT2D eigenvalue weighted by atomic mass is 9.83. The number of allylic oxidation sites excluding steroid dienone is 12. The second-order valence-electron chi connectivity index (χ2n) is 27.4. The van der Waals surface area contributed by atoms with Gasteiger partial charge in [0.15, 0.2) is 24.2 Å². The molecule has 18 N–H and O–H groups in total. The van der Waals surface area contributed by atoms with E-state index in [0.717, 1.165) is 0 Å². The minimum Gasteiger partial charge on any atom is -0.481 e. The predicted molar refractivity (Wildman–Crippen MR) is 365 cm³/mol. The number of cyclic esters (lactones) is 2. The zero-order valence-electron chi connectivity index (χ0n) is 58.1. The van der Waals surface area contributed by atoms with Crippen molar-refractivity contribution in [2.45, 2.75) is 263 Å². The van der Waals surface area contributed by atoms with E-state index < -0.39 is 195 Å². The third-order valence-corrected chi connectivity index (χ3v) is 18.8. The van der Waals surface area contributed by atoms with Crippen LogP contribution in [0.4, 0.5) is 0 Å². The molecule has 0 aromatic heterocycles. The molecule has 8 aliphatic rings. The second-order valence-corrected chi connectivity index (χ2v) is 27.4. The van der Waals surface area contributed by atoms with Crippen LogP contribution >= 0.6 is 0 Å². The number of carbonyl (C=O) groups is 4. The Morgan fingerprint density at radius 3 is 1.31 bits per heavy atom. The Morgan fingerprint density at radius 1 is 0.510 bits per heavy atom. The van der Waals surface area contributed by atoms with Crippen LogP contribution in [0.25, 0.3) is 0 Å². The molecule has 30 heteroatoms. The van der Waals surface area contributed by atoms with Gasteiger partial charge < -0.3 is 126 Å². The molecule has 0 saturated carbocycles. The first-order valence-corrected chi connectivity index (χ1v) is 35.1. The molecule has 0 unspecified atom stereocenters. The highest BCUT2D eigenvalue weighted by Crippen LogP contribution is 2.42. The summed E-state index contributed by atoms with van der Waals surface area (Å²) >= 11 is 0. The number of carboxylic acids is 2. The van der Waals surface area contributed by atoms with Gasteiger partial charge in [0.1, 0.15) is 48.5 Å². The molecule has 8 aliphatic heterocycles. The first-order valence-electron chi connectivity index (χ1n) is 35.1. The fourth-order valence-electron chi connectivity index (χ4n) is 13.4. The number of nitrogens with zero attached hydrogens (tertiary/aromatic N) is 1. The summed E-state index contributed by atoms with van der Waals surface area (Å²) in [5, 5.41) is 131. The van der Waals surface area contributed by atoms with Gasteiger partial charge in [-0.05, 0) is 78.9 Å². The molecule has 102 heavy (non-hydrogen) atoms. The van der Waals surface area contributed by atoms with E-state index in [1.165, 1.54) is 18.2 Å². The molecule has 6 saturated heterocycles. The third kappa shape index (κ3) is 25.9. The van der Waals surface area contributed by atoms with Crippen molar-refractivity contribution in [1.82, 2.24) is 4.90 Å². The van der Waals surface area contributed by atoms with Gasteiger partial charge in [-0.3, -0.25) is 14.5 Å². The van der Waals surface area contributed by atoms with Crippen LogP contribution < -0.4 is 17.2 Å². The fraction of sp³-hybridized carbons (Fsp3) is 0.667. The SMILES string of the molecule is C[C@@H]1C/C=C/C=C/C=C/C=C/[C@H](O[C@@H]2O[C@H](C)[C@@H](O)[C@H](N(CCCN)CCCN)[C@@H]2O)C[C@@H]2O[C@](O)(C[C@@H](O)C[C@H]3O[C@@H]3/C=C/C(=O)O1)C[C@H](O)[C@H]2C(=O)O.C[C@@H]1C/C=C/C=C/C=C/C=C/[C@H](O[C@@H]2O[C@H](C)[C@@H](O)[C@H](N)[C@@H]2O)C[C@@H]2O[C@](O)(C[C@@H](O)C[C@H]3O[C@@H]3/C=C/C(=O)O1)C[C@H](O)[C@H]2C(=O)O. The Hall–Kier alpha value is -5.60. The number of hydrogen-bond donors (Lipinski definition) is 15. The predicted octanol–water partition coefficient (Wildman–Crippen LogP) is 0.280. The van der Waals surface area contributed by atoms with Gasteiger partial charge in [-0.25, -0.2) is 9.59 Å². The third-order valence-electron chi connectivity index (χ3n) is 18.8. The summed E-state index contributed by atoms with van der Waals surface area (Å²) in [6.45, 7) is 8.55. The number of carboxylic acid groups (broad SMARTS) is 2. The highest BCUT2D eigenvalue weighted by molar-refractivity contribution is 5.82. The van der Waals surface area contributed by atoms with Crippen LogP contribution in [0.1, 0.15) is 105 Å². The lowest BCUT2D eigenvalue weighted by Crippen LogP contribution is -2.64. The first kappa shape index (κ1) is 83.7. The number of epoxide rings is 2. The van der Waals surface area contributed by atoms with Crippen molar-refractivity contribution in [3.63, 3.8) is 0 Å². The van der Waals surface area contributed by atoms with Crippen LogP contribution in [0.3, 0.4) is 0 Å². The number of carbonyl (C=O) groups excluding carboxylic acids is 2. The fourth-order valence-corrected chi connectivity index (χ4v) is 13.4. The molecule has 0 spiro atoms. The van der Waals surface area contributed by atoms with Gasteiger partial charge in [0, 0.05) is 76.4 Å². The number of aliphatic carboxylic acids is 2. The van der Waals surface area contributed by atoms with Crippen LogP contribution in [-0.2, 0) is 66.5 Å². The number of hydrogen-bond acceptors (Lipinski definition) is 28. The molecule has 0 amide bonds. The number of ether oxygens (including phenoxy) is 10. The van der Waals surface area contributed by atoms with Gasteiger partial charge in [0.25, 0.3) is 0 Å². The monoisotopic (exact) mass is 1440 g/mol. The summed E-state index contributed by atoms with van der Waals surface area (Å²) in [6, 6.07) is -1.87. The molecule has 0 aromatic carbocycles. The maximum atomic E-state index is 12.5. The molecule has 4 bridgehead atoms. The molecular formula is C72H108N4O26. The number of fused-ring (bicyclic) bond motifs is 6. The largest absolute Gasteiger partial charge is 0.481 e. The standard InChI is InChI=1S/C39H61N3O13.C33H47NO13/c1-24-12-8-6-4-3-5-7-9-13-27(53-38-36(47)34(35(46)25(2)52-38)42(18-10-16-40)19-11-17-41)21-31-33(37(48)49)28(44)23-39(50,55-31)22-26(43)20-30-29(54-30)14-15-32(45)51-24;1-18-10-8-6-4-3-5-7-9-11-21(45-32-30(39)28(34)29(38)19(2)44-32)15-25-27(31(40)41)22(36)17-33(42,47-25)16-20(35)14-24-23(46-24)12-13-26(37)43-18/h3-9,13-15,24-31,33-36,38,43-44,46-47,50H,10-12,16-23,40-41H2,1-2H3,(H,48,49);3-9,11-13,18-25,27-30,32,35-36,38-39,42H,10,14-17,34H2,1-2H3,(H,40,41)/b4-3+,7-5+,8-6+,13-9+,15-14+;4-3+,7-5+,8-6+,11-9+,13-12+/t24-,25-,26+,27+,28+,29-,30-,31+,33-,34+,35-,36+,38+,39-;18-,19-,20+,21+,22+,23-,24-,25+,27-,28+,29-,30+,32+,33-/m11/s1. The Morgan fingerprint density at radius 2 is 0.902 bits per heavy atom. The Balaban J connectivity index is 0.000000289. The van der Waals surface area contributed by atoms with Crippen molar-refractivity contribution in [3.05, 3.63) is 122 Å². The summed E-state index contributed by atoms with van der Waals surface area (Å²) in [7, 11) is 0. The maximum Gasteiger partial charge on any atom is 0.330 e. The van der Waals surface area contributed by atoms with E-state index in [2.05, 4.69) is 0 Å². The molecule has 6 fully saturated rings. The summed E-state index contributed by atoms with van der Waals surface area (Å²) < 4.78 is 57.9. The topological polar surface area (TPSA) is 491 Å². The minimum atomic E-state index is -2.12. The van der Waals surface area contributed by atoms with E-state index in [1.807, 2.05) is 23.1 Å². The van der Waals surface area contributed by atoms with E-state index >= 15 is 0 Å². The molecule has 0 aromatic rings. The molecule has 572 valence electrons. The summed E-state index contributed by atoms with van der Waals surface area (Å²) in [6.07, 6.45) is 12.0. The van der Waals surface area contributed by atoms with Gasteiger partial charge >= 0.3 is 23.9 Å². The molecule has 8 heterocycles. The number of rotatable bonds is 13. The van der Waals surface area contributed by atoms with Crippen LogP contribution in [0.15, 0.2) is 122 Å². The molecule has 8 rings (SSSR count). The number of aliphatic hydroxyl groups is 10. The highest BCUT2D eigenvalue weighted by Gasteiger charge is 2.54. The molecule has 30 nitrogen and oxygen atoms in total. The number of esters is 2. The summed E-state index contributed by atoms with van der Waals surface area (Å²) in [4.78, 5) is 51.1. The van der Waals surface area contributed by atoms with Gasteiger partial charge in [-0.15, -0.1) is 0 Å². The molecule has 0 radical (unpaired) electrons. The van der Waals surface area contributed by atoms with E-state index in [0.29, 0.717) is 51.9 Å². The molecule has 28 atom stereocenters. The smallest absolute Gasteiger partial charge is 0.330 e. The van der Waals surface area contributed by atoms with E-state index in [4.69, 9.17) is 64.6 Å². The number of nitrogens with two attached hydrogens (primary N) is 3. The van der Waals surface area contributed by atoms with E-state index in [9.17, 15) is 80.5 Å². The second kappa shape index (κ2) is 40.2. The average Bonchev–Trinajstić information content (AvgIpc) is 0.847. The van der Waals surface area contributed by atoms with Crippen LogP contribution in [0, 0.1) is 11.8 Å². The Kier molecular flexibility index (Phi) is 33.0. The Bertz CT molecular complexity index is 2970. The van der Waals surface area contributed by atoms with Gasteiger partial charge in [0.05, 0.1) is 97.5 Å². The van der Waals surface area contributed by atoms with Crippen molar-refractivity contribution >= 4 is 23.9 Å². The van der Waals surface area contributed by atoms with Crippen molar-refractivity contribution < 1.29 is 128 Å². The molecule has 0 aliphatic carbocycles. The lowest BCUT2D eigenvalue weighted by molar-refractivity contribution is -0.312. The summed E-state index contributed by atoms with van der Waals surface area (Å²) in [5.74, 6) is -10.9. The minimum absolute atomic E-state index is 0.0735. The van der Waals surface area contributed by atoms with Crippen molar-refractivity contribution in [1.29, 1.82) is 0 Å². The first-order chi connectivity index (χ1) is 48.5. The van der Waals surface area contributed by atoms with Crippen LogP contribution in [0.2, 0.25) is 0 Å². The average molecular weight is 1450 g/mol. The normalized spacial score (nSPS) is 44.5. The number of aliphatic hydroxyl groups excluding tert-OH is 8. The molecular weight excluding hydrogens is 1340 g/mol. The van der Waals surface area contributed by atoms with Crippen molar-refractivity contribution in [3.8, 4) is 0 Å². The zero-order valence-corrected chi connectivity index (χ0v) is 58.1. The van der Waals surface area contributed by atoms with Crippen molar-refractivity contribution in [2.75, 3.05) is 26.2 Å². The maximum absolute atomic E-state index is 12.5. The van der Waals surface area contributed by atoms with Crippen LogP contribution in [0.5, 0.6) is 0 Å². The highest BCUT2D eigenvalue weighted by atomic mass is 16.7. The summed E-state index contributed by atoms with van der Waals surface area (Å²) in [5.41, 5.74) is 17.5. The van der Waals surface area contributed by atoms with Gasteiger partial charge in [-0.2, -0.15) is 0 Å². The zero-order chi connectivity index (χ0) is 74.4. The Labute approximate surface area is 594 Å². The van der Waals surface area contributed by atoms with Gasteiger partial charge in [-0.1, -0.05) is 97.2 Å². The lowest BCUT2D eigenvalue weighted by Gasteiger charge is -2.47. The van der Waals surface area contributed by atoms with Crippen LogP contribution in [-0.4, -0.2) is 275 Å². The van der Waals surface area contributed by atoms with Crippen molar-refractivity contribution in [2.24, 2.45) is 29.0 Å². The quantitative estimate of drug-likeness (QED) is 0.0870. The van der Waals surface area contributed by atoms with E-state index in [-0.39, 0.29) is 50.7 Å². The van der Waals surface area contributed by atoms with Gasteiger partial charge in [0.2, 0.25) is 0 Å².